The second kappa shape index (κ2) is 7.25. The van der Waals surface area contributed by atoms with Gasteiger partial charge in [-0.05, 0) is 37.5 Å². The lowest BCUT2D eigenvalue weighted by Crippen LogP contribution is -2.39. The molecule has 0 radical (unpaired) electrons. The number of piperidine rings is 1. The molecular formula is C15H22ClNO2. The number of β-amino-alcohol motifs (C(OH)–C–C–N with tert-alkyl or cyclic N) is 1. The Morgan fingerprint density at radius 1 is 1.42 bits per heavy atom. The topological polar surface area (TPSA) is 32.7 Å². The van der Waals surface area contributed by atoms with Crippen molar-refractivity contribution in [3.63, 3.8) is 0 Å². The van der Waals surface area contributed by atoms with Gasteiger partial charge in [-0.25, -0.2) is 0 Å². The predicted molar refractivity (Wildman–Crippen MR) is 77.5 cm³/mol. The van der Waals surface area contributed by atoms with Crippen molar-refractivity contribution in [2.24, 2.45) is 0 Å². The molecule has 1 aliphatic rings. The standard InChI is InChI=1S/C15H22ClNO2/c1-2-19-14-6-8-17(9-7-14)11-15(18)12-4-3-5-13(16)10-12/h3-5,10,14-15,18H,2,6-9,11H2,1H3. The Morgan fingerprint density at radius 2 is 2.16 bits per heavy atom. The Balaban J connectivity index is 1.82. The minimum atomic E-state index is -0.470. The van der Waals surface area contributed by atoms with E-state index in [1.165, 1.54) is 0 Å². The molecule has 1 saturated heterocycles. The fourth-order valence-electron chi connectivity index (χ4n) is 2.56. The van der Waals surface area contributed by atoms with Crippen molar-refractivity contribution in [1.82, 2.24) is 4.90 Å². The van der Waals surface area contributed by atoms with Gasteiger partial charge in [0.2, 0.25) is 0 Å². The van der Waals surface area contributed by atoms with Gasteiger partial charge in [0.05, 0.1) is 12.2 Å². The summed E-state index contributed by atoms with van der Waals surface area (Å²) in [4.78, 5) is 2.29. The van der Waals surface area contributed by atoms with Crippen molar-refractivity contribution < 1.29 is 9.84 Å². The van der Waals surface area contributed by atoms with Crippen LogP contribution in [0, 0.1) is 0 Å². The number of hydrogen-bond acceptors (Lipinski definition) is 3. The van der Waals surface area contributed by atoms with Crippen LogP contribution in [0.1, 0.15) is 31.4 Å². The number of benzene rings is 1. The maximum Gasteiger partial charge on any atom is 0.0917 e. The average Bonchev–Trinajstić information content (AvgIpc) is 2.41. The highest BCUT2D eigenvalue weighted by Crippen LogP contribution is 2.21. The number of ether oxygens (including phenoxy) is 1. The Kier molecular flexibility index (Phi) is 5.64. The molecule has 1 unspecified atom stereocenters. The van der Waals surface area contributed by atoms with E-state index in [-0.39, 0.29) is 0 Å². The maximum atomic E-state index is 10.2. The highest BCUT2D eigenvalue weighted by molar-refractivity contribution is 6.30. The molecule has 0 saturated carbocycles. The van der Waals surface area contributed by atoms with E-state index in [9.17, 15) is 5.11 Å². The fraction of sp³-hybridized carbons (Fsp3) is 0.600. The number of likely N-dealkylation sites (tertiary alicyclic amines) is 1. The molecule has 1 fully saturated rings. The quantitative estimate of drug-likeness (QED) is 0.902. The molecule has 106 valence electrons. The second-order valence-corrected chi connectivity index (χ2v) is 5.46. The summed E-state index contributed by atoms with van der Waals surface area (Å²) >= 11 is 5.94. The predicted octanol–water partition coefficient (Wildman–Crippen LogP) is 2.87. The molecule has 19 heavy (non-hydrogen) atoms. The van der Waals surface area contributed by atoms with Gasteiger partial charge >= 0.3 is 0 Å². The van der Waals surface area contributed by atoms with Crippen molar-refractivity contribution in [1.29, 1.82) is 0 Å². The van der Waals surface area contributed by atoms with Crippen LogP contribution in [0.4, 0.5) is 0 Å². The van der Waals surface area contributed by atoms with Crippen molar-refractivity contribution in [2.45, 2.75) is 32.0 Å². The fourth-order valence-corrected chi connectivity index (χ4v) is 2.76. The summed E-state index contributed by atoms with van der Waals surface area (Å²) in [5.41, 5.74) is 0.888. The van der Waals surface area contributed by atoms with Gasteiger partial charge in [0, 0.05) is 31.3 Å². The van der Waals surface area contributed by atoms with Crippen molar-refractivity contribution in [2.75, 3.05) is 26.2 Å². The van der Waals surface area contributed by atoms with E-state index < -0.39 is 6.10 Å². The zero-order valence-corrected chi connectivity index (χ0v) is 12.1. The highest BCUT2D eigenvalue weighted by atomic mass is 35.5. The molecular weight excluding hydrogens is 262 g/mol. The van der Waals surface area contributed by atoms with Gasteiger partial charge in [-0.2, -0.15) is 0 Å². The minimum Gasteiger partial charge on any atom is -0.387 e. The highest BCUT2D eigenvalue weighted by Gasteiger charge is 2.21. The van der Waals surface area contributed by atoms with Crippen LogP contribution < -0.4 is 0 Å². The Morgan fingerprint density at radius 3 is 2.79 bits per heavy atom. The number of rotatable bonds is 5. The van der Waals surface area contributed by atoms with Crippen molar-refractivity contribution >= 4 is 11.6 Å². The molecule has 0 spiro atoms. The van der Waals surface area contributed by atoms with Crippen LogP contribution in [0.5, 0.6) is 0 Å². The number of hydrogen-bond donors (Lipinski definition) is 1. The van der Waals surface area contributed by atoms with E-state index in [2.05, 4.69) is 4.90 Å². The van der Waals surface area contributed by atoms with E-state index in [0.717, 1.165) is 38.1 Å². The molecule has 1 atom stereocenters. The molecule has 1 N–H and O–H groups in total. The van der Waals surface area contributed by atoms with Gasteiger partial charge in [0.15, 0.2) is 0 Å². The summed E-state index contributed by atoms with van der Waals surface area (Å²) in [6, 6.07) is 7.45. The van der Waals surface area contributed by atoms with Crippen LogP contribution >= 0.6 is 11.6 Å². The van der Waals surface area contributed by atoms with Crippen molar-refractivity contribution in [3.05, 3.63) is 34.9 Å². The van der Waals surface area contributed by atoms with E-state index in [0.29, 0.717) is 17.7 Å². The molecule has 2 rings (SSSR count). The van der Waals surface area contributed by atoms with Gasteiger partial charge < -0.3 is 14.7 Å². The number of halogens is 1. The minimum absolute atomic E-state index is 0.393. The molecule has 1 aliphatic heterocycles. The van der Waals surface area contributed by atoms with E-state index in [4.69, 9.17) is 16.3 Å². The summed E-state index contributed by atoms with van der Waals surface area (Å²) < 4.78 is 5.63. The molecule has 0 aliphatic carbocycles. The van der Waals surface area contributed by atoms with Gasteiger partial charge in [0.1, 0.15) is 0 Å². The Labute approximate surface area is 120 Å². The molecule has 4 heteroatoms. The largest absolute Gasteiger partial charge is 0.387 e. The third-order valence-corrected chi connectivity index (χ3v) is 3.84. The average molecular weight is 284 g/mol. The molecule has 1 aromatic rings. The van der Waals surface area contributed by atoms with Crippen LogP contribution in [-0.2, 0) is 4.74 Å². The Hall–Kier alpha value is -0.610. The van der Waals surface area contributed by atoms with Gasteiger partial charge in [-0.1, -0.05) is 23.7 Å². The summed E-state index contributed by atoms with van der Waals surface area (Å²) in [7, 11) is 0. The van der Waals surface area contributed by atoms with E-state index >= 15 is 0 Å². The first-order chi connectivity index (χ1) is 9.19. The summed E-state index contributed by atoms with van der Waals surface area (Å²) in [6.45, 7) is 5.47. The van der Waals surface area contributed by atoms with Crippen LogP contribution in [0.15, 0.2) is 24.3 Å². The SMILES string of the molecule is CCOC1CCN(CC(O)c2cccc(Cl)c2)CC1. The monoisotopic (exact) mass is 283 g/mol. The molecule has 3 nitrogen and oxygen atoms in total. The van der Waals surface area contributed by atoms with E-state index in [1.807, 2.05) is 31.2 Å². The van der Waals surface area contributed by atoms with Gasteiger partial charge in [-0.15, -0.1) is 0 Å². The van der Waals surface area contributed by atoms with Crippen LogP contribution in [-0.4, -0.2) is 42.4 Å². The zero-order chi connectivity index (χ0) is 13.7. The first-order valence-electron chi connectivity index (χ1n) is 6.96. The third kappa shape index (κ3) is 4.46. The lowest BCUT2D eigenvalue weighted by Gasteiger charge is -2.33. The van der Waals surface area contributed by atoms with E-state index in [1.54, 1.807) is 0 Å². The van der Waals surface area contributed by atoms with Crippen LogP contribution in [0.2, 0.25) is 5.02 Å². The number of aliphatic hydroxyl groups is 1. The lowest BCUT2D eigenvalue weighted by molar-refractivity contribution is 0.00328. The third-order valence-electron chi connectivity index (χ3n) is 3.60. The molecule has 1 aromatic carbocycles. The second-order valence-electron chi connectivity index (χ2n) is 5.03. The van der Waals surface area contributed by atoms with Crippen molar-refractivity contribution in [3.8, 4) is 0 Å². The summed E-state index contributed by atoms with van der Waals surface area (Å²) in [5, 5.41) is 10.9. The summed E-state index contributed by atoms with van der Waals surface area (Å²) in [6.07, 6.45) is 2.03. The lowest BCUT2D eigenvalue weighted by atomic mass is 10.1. The number of nitrogens with zero attached hydrogens (tertiary/aromatic N) is 1. The molecule has 1 heterocycles. The number of aliphatic hydroxyl groups excluding tert-OH is 1. The van der Waals surface area contributed by atoms with Gasteiger partial charge in [-0.3, -0.25) is 0 Å². The summed E-state index contributed by atoms with van der Waals surface area (Å²) in [5.74, 6) is 0. The molecule has 0 amide bonds. The first-order valence-corrected chi connectivity index (χ1v) is 7.34. The van der Waals surface area contributed by atoms with Crippen LogP contribution in [0.3, 0.4) is 0 Å². The normalized spacial score (nSPS) is 19.5. The molecule has 0 aromatic heterocycles. The zero-order valence-electron chi connectivity index (χ0n) is 11.4. The smallest absolute Gasteiger partial charge is 0.0917 e. The van der Waals surface area contributed by atoms with Crippen LogP contribution in [0.25, 0.3) is 0 Å². The maximum absolute atomic E-state index is 10.2. The first kappa shape index (κ1) is 14.8. The molecule has 0 bridgehead atoms. The Bertz CT molecular complexity index is 391. The van der Waals surface area contributed by atoms with Gasteiger partial charge in [0.25, 0.3) is 0 Å².